The van der Waals surface area contributed by atoms with Crippen molar-refractivity contribution in [1.82, 2.24) is 4.90 Å². The maximum atomic E-state index is 13.5. The minimum Gasteiger partial charge on any atom is -0.440 e. The first kappa shape index (κ1) is 23.7. The summed E-state index contributed by atoms with van der Waals surface area (Å²) in [5.41, 5.74) is 1.50. The molecule has 1 amide bonds. The number of amides is 1. The molecule has 0 atom stereocenters. The summed E-state index contributed by atoms with van der Waals surface area (Å²) in [6.07, 6.45) is 0.362. The molecular weight excluding hydrogens is 444 g/mol. The van der Waals surface area contributed by atoms with E-state index in [9.17, 15) is 18.4 Å². The third-order valence-corrected chi connectivity index (χ3v) is 5.87. The van der Waals surface area contributed by atoms with Crippen LogP contribution in [0.4, 0.5) is 20.4 Å². The van der Waals surface area contributed by atoms with Crippen molar-refractivity contribution in [3.63, 3.8) is 0 Å². The number of halogens is 2. The second-order valence-corrected chi connectivity index (χ2v) is 8.21. The Morgan fingerprint density at radius 2 is 1.79 bits per heavy atom. The zero-order chi connectivity index (χ0) is 24.2. The van der Waals surface area contributed by atoms with E-state index >= 15 is 0 Å². The van der Waals surface area contributed by atoms with E-state index in [0.29, 0.717) is 79.5 Å². The second kappa shape index (κ2) is 10.2. The number of rotatable bonds is 7. The highest BCUT2D eigenvalue weighted by molar-refractivity contribution is 5.98. The lowest BCUT2D eigenvalue weighted by Crippen LogP contribution is -2.36. The van der Waals surface area contributed by atoms with Gasteiger partial charge in [0.1, 0.15) is 17.2 Å². The summed E-state index contributed by atoms with van der Waals surface area (Å²) < 4.78 is 38.6. The molecule has 0 unspecified atom stereocenters. The van der Waals surface area contributed by atoms with Gasteiger partial charge in [-0.15, -0.1) is 0 Å². The van der Waals surface area contributed by atoms with Gasteiger partial charge in [-0.05, 0) is 43.2 Å². The molecule has 180 valence electrons. The van der Waals surface area contributed by atoms with Gasteiger partial charge in [-0.3, -0.25) is 9.59 Å². The smallest absolute Gasteiger partial charge is 0.253 e. The van der Waals surface area contributed by atoms with E-state index in [2.05, 4.69) is 5.32 Å². The monoisotopic (exact) mass is 471 g/mol. The van der Waals surface area contributed by atoms with E-state index in [4.69, 9.17) is 9.15 Å². The molecule has 1 aliphatic heterocycles. The summed E-state index contributed by atoms with van der Waals surface area (Å²) in [4.78, 5) is 29.4. The van der Waals surface area contributed by atoms with Crippen molar-refractivity contribution in [2.75, 3.05) is 56.7 Å². The second-order valence-electron chi connectivity index (χ2n) is 8.21. The molecule has 1 aromatic heterocycles. The van der Waals surface area contributed by atoms with Gasteiger partial charge in [-0.2, -0.15) is 0 Å². The number of carbonyl (C=O) groups excluding carboxylic acids is 1. The molecule has 4 rings (SSSR count). The van der Waals surface area contributed by atoms with Crippen LogP contribution in [-0.2, 0) is 11.2 Å². The maximum Gasteiger partial charge on any atom is 0.253 e. The molecule has 9 heteroatoms. The molecular formula is C25H27F2N3O4. The van der Waals surface area contributed by atoms with Gasteiger partial charge in [0, 0.05) is 56.6 Å². The molecule has 7 nitrogen and oxygen atoms in total. The SMILES string of the molecule is CCN(C)C(=O)c1cc(CCNc2cc(F)cc(F)c2)c2oc(N3CCOCC3)cc(=O)c2c1. The van der Waals surface area contributed by atoms with Crippen LogP contribution in [0.3, 0.4) is 0 Å². The van der Waals surface area contributed by atoms with Gasteiger partial charge < -0.3 is 24.3 Å². The zero-order valence-electron chi connectivity index (χ0n) is 19.2. The summed E-state index contributed by atoms with van der Waals surface area (Å²) in [6.45, 7) is 4.99. The highest BCUT2D eigenvalue weighted by Gasteiger charge is 2.20. The van der Waals surface area contributed by atoms with Crippen LogP contribution in [0.25, 0.3) is 11.0 Å². The molecule has 2 heterocycles. The largest absolute Gasteiger partial charge is 0.440 e. The Morgan fingerprint density at radius 1 is 1.09 bits per heavy atom. The first-order valence-corrected chi connectivity index (χ1v) is 11.2. The number of anilines is 2. The van der Waals surface area contributed by atoms with Gasteiger partial charge in [-0.25, -0.2) is 8.78 Å². The number of morpholine rings is 1. The number of nitrogens with zero attached hydrogens (tertiary/aromatic N) is 2. The maximum absolute atomic E-state index is 13.5. The molecule has 0 spiro atoms. The molecule has 1 fully saturated rings. The summed E-state index contributed by atoms with van der Waals surface area (Å²) in [7, 11) is 1.69. The lowest BCUT2D eigenvalue weighted by atomic mass is 10.0. The van der Waals surface area contributed by atoms with Crippen molar-refractivity contribution in [1.29, 1.82) is 0 Å². The van der Waals surface area contributed by atoms with Gasteiger partial charge in [0.15, 0.2) is 11.3 Å². The first-order valence-electron chi connectivity index (χ1n) is 11.2. The molecule has 0 radical (unpaired) electrons. The average molecular weight is 472 g/mol. The van der Waals surface area contributed by atoms with E-state index in [1.54, 1.807) is 24.1 Å². The number of fused-ring (bicyclic) bond motifs is 1. The number of ether oxygens (including phenoxy) is 1. The minimum atomic E-state index is -0.677. The fourth-order valence-electron chi connectivity index (χ4n) is 3.93. The van der Waals surface area contributed by atoms with Gasteiger partial charge in [0.2, 0.25) is 0 Å². The third kappa shape index (κ3) is 5.20. The normalized spacial score (nSPS) is 13.8. The quantitative estimate of drug-likeness (QED) is 0.567. The molecule has 1 saturated heterocycles. The molecule has 1 aliphatic rings. The molecule has 0 aliphatic carbocycles. The fraction of sp³-hybridized carbons (Fsp3) is 0.360. The first-order chi connectivity index (χ1) is 16.4. The van der Waals surface area contributed by atoms with Crippen LogP contribution in [0, 0.1) is 11.6 Å². The lowest BCUT2D eigenvalue weighted by Gasteiger charge is -2.27. The average Bonchev–Trinajstić information content (AvgIpc) is 2.83. The van der Waals surface area contributed by atoms with Crippen LogP contribution in [0.2, 0.25) is 0 Å². The van der Waals surface area contributed by atoms with Gasteiger partial charge in [0.25, 0.3) is 5.91 Å². The predicted octanol–water partition coefficient (Wildman–Crippen LogP) is 3.65. The topological polar surface area (TPSA) is 75.0 Å². The van der Waals surface area contributed by atoms with Crippen LogP contribution in [0.5, 0.6) is 0 Å². The van der Waals surface area contributed by atoms with Crippen LogP contribution < -0.4 is 15.6 Å². The van der Waals surface area contributed by atoms with Gasteiger partial charge in [-0.1, -0.05) is 0 Å². The molecule has 34 heavy (non-hydrogen) atoms. The van der Waals surface area contributed by atoms with Crippen molar-refractivity contribution in [3.8, 4) is 0 Å². The Balaban J connectivity index is 1.71. The molecule has 1 N–H and O–H groups in total. The minimum absolute atomic E-state index is 0.206. The molecule has 2 aromatic carbocycles. The Kier molecular flexibility index (Phi) is 7.12. The van der Waals surface area contributed by atoms with Gasteiger partial charge >= 0.3 is 0 Å². The Labute approximate surface area is 195 Å². The van der Waals surface area contributed by atoms with E-state index < -0.39 is 11.6 Å². The highest BCUT2D eigenvalue weighted by atomic mass is 19.1. The summed E-state index contributed by atoms with van der Waals surface area (Å²) in [5.74, 6) is -1.11. The van der Waals surface area contributed by atoms with E-state index in [1.807, 2.05) is 11.8 Å². The van der Waals surface area contributed by atoms with E-state index in [0.717, 1.165) is 6.07 Å². The van der Waals surface area contributed by atoms with Crippen LogP contribution in [0.15, 0.2) is 45.6 Å². The Bertz CT molecular complexity index is 1230. The predicted molar refractivity (Wildman–Crippen MR) is 127 cm³/mol. The van der Waals surface area contributed by atoms with Crippen molar-refractivity contribution >= 4 is 28.4 Å². The Hall–Kier alpha value is -3.46. The summed E-state index contributed by atoms with van der Waals surface area (Å²) in [6, 6.07) is 7.94. The number of nitrogens with one attached hydrogen (secondary N) is 1. The van der Waals surface area contributed by atoms with Crippen molar-refractivity contribution in [2.45, 2.75) is 13.3 Å². The summed E-state index contributed by atoms with van der Waals surface area (Å²) in [5, 5.41) is 3.31. The third-order valence-electron chi connectivity index (χ3n) is 5.87. The molecule has 0 bridgehead atoms. The molecule has 0 saturated carbocycles. The molecule has 3 aromatic rings. The lowest BCUT2D eigenvalue weighted by molar-refractivity contribution is 0.0802. The number of hydrogen-bond donors (Lipinski definition) is 1. The van der Waals surface area contributed by atoms with Crippen molar-refractivity contribution < 1.29 is 22.7 Å². The van der Waals surface area contributed by atoms with Crippen molar-refractivity contribution in [2.24, 2.45) is 0 Å². The van der Waals surface area contributed by atoms with E-state index in [-0.39, 0.29) is 11.3 Å². The highest BCUT2D eigenvalue weighted by Crippen LogP contribution is 2.26. The van der Waals surface area contributed by atoms with Crippen LogP contribution in [0.1, 0.15) is 22.8 Å². The number of carbonyl (C=O) groups is 1. The summed E-state index contributed by atoms with van der Waals surface area (Å²) >= 11 is 0. The van der Waals surface area contributed by atoms with Crippen LogP contribution >= 0.6 is 0 Å². The standard InChI is InChI=1S/C25H27F2N3O4/c1-3-29(2)25(32)17-10-16(4-5-28-20-13-18(26)12-19(27)14-20)24-21(11-17)22(31)15-23(34-24)30-6-8-33-9-7-30/h10-15,28H,3-9H2,1-2H3. The van der Waals surface area contributed by atoms with E-state index in [1.165, 1.54) is 18.2 Å². The van der Waals surface area contributed by atoms with Gasteiger partial charge in [0.05, 0.1) is 18.6 Å². The van der Waals surface area contributed by atoms with Crippen molar-refractivity contribution in [3.05, 3.63) is 69.4 Å². The number of hydrogen-bond acceptors (Lipinski definition) is 6. The van der Waals surface area contributed by atoms with Crippen LogP contribution in [-0.4, -0.2) is 57.2 Å². The fourth-order valence-corrected chi connectivity index (χ4v) is 3.93. The Morgan fingerprint density at radius 3 is 2.47 bits per heavy atom. The zero-order valence-corrected chi connectivity index (χ0v) is 19.2. The number of benzene rings is 2.